The number of benzene rings is 1. The number of ether oxygens (including phenoxy) is 1. The van der Waals surface area contributed by atoms with Crippen LogP contribution in [-0.4, -0.2) is 46.0 Å². The van der Waals surface area contributed by atoms with Gasteiger partial charge in [0.05, 0.1) is 25.4 Å². The summed E-state index contributed by atoms with van der Waals surface area (Å²) >= 11 is 0. The van der Waals surface area contributed by atoms with Crippen LogP contribution in [0, 0.1) is 0 Å². The molecule has 3 rings (SSSR count). The molecule has 1 fully saturated rings. The van der Waals surface area contributed by atoms with Gasteiger partial charge in [-0.25, -0.2) is 9.67 Å². The molecule has 0 atom stereocenters. The quantitative estimate of drug-likeness (QED) is 0.864. The molecule has 5 heteroatoms. The second-order valence-electron chi connectivity index (χ2n) is 5.72. The standard InChI is InChI=1S/C16H22N4O/c1-13(2)14-3-5-15(6-4-14)20-16(17-12-18-20)11-19-7-9-21-10-8-19/h3-6,12-13H,7-11H2,1-2H3. The minimum atomic E-state index is 0.544. The molecule has 0 saturated carbocycles. The first kappa shape index (κ1) is 14.2. The van der Waals surface area contributed by atoms with Gasteiger partial charge >= 0.3 is 0 Å². The molecule has 2 aromatic rings. The van der Waals surface area contributed by atoms with Gasteiger partial charge in [0.1, 0.15) is 12.2 Å². The molecule has 5 nitrogen and oxygen atoms in total. The van der Waals surface area contributed by atoms with Gasteiger partial charge in [0, 0.05) is 13.1 Å². The Kier molecular flexibility index (Phi) is 4.31. The van der Waals surface area contributed by atoms with Crippen LogP contribution >= 0.6 is 0 Å². The average Bonchev–Trinajstić information content (AvgIpc) is 2.96. The molecule has 0 spiro atoms. The van der Waals surface area contributed by atoms with Crippen molar-refractivity contribution in [1.82, 2.24) is 19.7 Å². The highest BCUT2D eigenvalue weighted by atomic mass is 16.5. The van der Waals surface area contributed by atoms with Gasteiger partial charge in [-0.15, -0.1) is 0 Å². The Labute approximate surface area is 125 Å². The molecule has 1 aromatic carbocycles. The molecule has 2 heterocycles. The van der Waals surface area contributed by atoms with E-state index in [0.29, 0.717) is 5.92 Å². The highest BCUT2D eigenvalue weighted by Gasteiger charge is 2.15. The lowest BCUT2D eigenvalue weighted by atomic mass is 10.0. The zero-order valence-electron chi connectivity index (χ0n) is 12.7. The molecule has 1 saturated heterocycles. The molecule has 1 aliphatic rings. The summed E-state index contributed by atoms with van der Waals surface area (Å²) < 4.78 is 7.31. The van der Waals surface area contributed by atoms with Gasteiger partial charge in [0.25, 0.3) is 0 Å². The third-order valence-electron chi connectivity index (χ3n) is 3.89. The Hall–Kier alpha value is -1.72. The van der Waals surface area contributed by atoms with Crippen molar-refractivity contribution in [2.75, 3.05) is 26.3 Å². The first-order chi connectivity index (χ1) is 10.2. The second kappa shape index (κ2) is 6.37. The fourth-order valence-electron chi connectivity index (χ4n) is 2.55. The van der Waals surface area contributed by atoms with Crippen LogP contribution in [0.25, 0.3) is 5.69 Å². The number of aromatic nitrogens is 3. The SMILES string of the molecule is CC(C)c1ccc(-n2ncnc2CN2CCOCC2)cc1. The normalized spacial score (nSPS) is 16.5. The second-order valence-corrected chi connectivity index (χ2v) is 5.72. The van der Waals surface area contributed by atoms with Crippen molar-refractivity contribution in [3.8, 4) is 5.69 Å². The van der Waals surface area contributed by atoms with Crippen molar-refractivity contribution < 1.29 is 4.74 Å². The van der Waals surface area contributed by atoms with Gasteiger partial charge in [-0.05, 0) is 23.6 Å². The maximum atomic E-state index is 5.38. The Morgan fingerprint density at radius 1 is 1.14 bits per heavy atom. The van der Waals surface area contributed by atoms with Crippen LogP contribution < -0.4 is 0 Å². The van der Waals surface area contributed by atoms with Gasteiger partial charge in [-0.3, -0.25) is 4.90 Å². The number of nitrogens with zero attached hydrogens (tertiary/aromatic N) is 4. The lowest BCUT2D eigenvalue weighted by Crippen LogP contribution is -2.36. The van der Waals surface area contributed by atoms with Gasteiger partial charge in [0.2, 0.25) is 0 Å². The summed E-state index contributed by atoms with van der Waals surface area (Å²) in [5.41, 5.74) is 2.41. The molecule has 112 valence electrons. The predicted octanol–water partition coefficient (Wildman–Crippen LogP) is 2.22. The fourth-order valence-corrected chi connectivity index (χ4v) is 2.55. The molecular formula is C16H22N4O. The third-order valence-corrected chi connectivity index (χ3v) is 3.89. The maximum absolute atomic E-state index is 5.38. The van der Waals surface area contributed by atoms with Crippen molar-refractivity contribution in [3.05, 3.63) is 42.0 Å². The number of morpholine rings is 1. The van der Waals surface area contributed by atoms with E-state index in [1.807, 2.05) is 4.68 Å². The van der Waals surface area contributed by atoms with E-state index >= 15 is 0 Å². The van der Waals surface area contributed by atoms with E-state index in [1.54, 1.807) is 6.33 Å². The summed E-state index contributed by atoms with van der Waals surface area (Å²) in [4.78, 5) is 6.77. The molecular weight excluding hydrogens is 264 g/mol. The fraction of sp³-hybridized carbons (Fsp3) is 0.500. The minimum absolute atomic E-state index is 0.544. The van der Waals surface area contributed by atoms with E-state index < -0.39 is 0 Å². The number of hydrogen-bond acceptors (Lipinski definition) is 4. The topological polar surface area (TPSA) is 43.2 Å². The van der Waals surface area contributed by atoms with E-state index in [1.165, 1.54) is 5.56 Å². The first-order valence-corrected chi connectivity index (χ1v) is 7.53. The van der Waals surface area contributed by atoms with E-state index in [-0.39, 0.29) is 0 Å². The van der Waals surface area contributed by atoms with E-state index in [4.69, 9.17) is 4.74 Å². The van der Waals surface area contributed by atoms with E-state index in [9.17, 15) is 0 Å². The molecule has 1 aliphatic heterocycles. The molecule has 21 heavy (non-hydrogen) atoms. The van der Waals surface area contributed by atoms with Crippen molar-refractivity contribution >= 4 is 0 Å². The van der Waals surface area contributed by atoms with Crippen molar-refractivity contribution in [1.29, 1.82) is 0 Å². The average molecular weight is 286 g/mol. The number of rotatable bonds is 4. The van der Waals surface area contributed by atoms with Gasteiger partial charge in [0.15, 0.2) is 0 Å². The Morgan fingerprint density at radius 3 is 2.52 bits per heavy atom. The van der Waals surface area contributed by atoms with E-state index in [0.717, 1.165) is 44.4 Å². The monoisotopic (exact) mass is 286 g/mol. The van der Waals surface area contributed by atoms with Crippen molar-refractivity contribution in [2.24, 2.45) is 0 Å². The summed E-state index contributed by atoms with van der Waals surface area (Å²) in [6.07, 6.45) is 1.63. The van der Waals surface area contributed by atoms with Gasteiger partial charge in [-0.2, -0.15) is 5.10 Å². The minimum Gasteiger partial charge on any atom is -0.379 e. The van der Waals surface area contributed by atoms with Gasteiger partial charge in [-0.1, -0.05) is 26.0 Å². The van der Waals surface area contributed by atoms with Crippen LogP contribution in [-0.2, 0) is 11.3 Å². The Bertz CT molecular complexity index is 570. The highest BCUT2D eigenvalue weighted by molar-refractivity contribution is 5.35. The summed E-state index contributed by atoms with van der Waals surface area (Å²) in [6, 6.07) is 8.57. The largest absolute Gasteiger partial charge is 0.379 e. The summed E-state index contributed by atoms with van der Waals surface area (Å²) in [5, 5.41) is 4.37. The lowest BCUT2D eigenvalue weighted by Gasteiger charge is -2.26. The Balaban J connectivity index is 1.77. The zero-order chi connectivity index (χ0) is 14.7. The maximum Gasteiger partial charge on any atom is 0.146 e. The molecule has 0 amide bonds. The molecule has 0 bridgehead atoms. The molecule has 0 unspecified atom stereocenters. The summed E-state index contributed by atoms with van der Waals surface area (Å²) in [7, 11) is 0. The van der Waals surface area contributed by atoms with Crippen LogP contribution in [0.3, 0.4) is 0 Å². The van der Waals surface area contributed by atoms with Crippen molar-refractivity contribution in [2.45, 2.75) is 26.3 Å². The predicted molar refractivity (Wildman–Crippen MR) is 81.5 cm³/mol. The van der Waals surface area contributed by atoms with E-state index in [2.05, 4.69) is 53.1 Å². The number of hydrogen-bond donors (Lipinski definition) is 0. The molecule has 0 radical (unpaired) electrons. The first-order valence-electron chi connectivity index (χ1n) is 7.53. The summed E-state index contributed by atoms with van der Waals surface area (Å²) in [6.45, 7) is 8.74. The van der Waals surface area contributed by atoms with Crippen molar-refractivity contribution in [3.63, 3.8) is 0 Å². The third kappa shape index (κ3) is 3.31. The molecule has 0 N–H and O–H groups in total. The lowest BCUT2D eigenvalue weighted by molar-refractivity contribution is 0.0328. The van der Waals surface area contributed by atoms with Crippen LogP contribution in [0.15, 0.2) is 30.6 Å². The van der Waals surface area contributed by atoms with Gasteiger partial charge < -0.3 is 4.74 Å². The zero-order valence-corrected chi connectivity index (χ0v) is 12.7. The smallest absolute Gasteiger partial charge is 0.146 e. The van der Waals surface area contributed by atoms with Crippen LogP contribution in [0.1, 0.15) is 31.2 Å². The van der Waals surface area contributed by atoms with Crippen LogP contribution in [0.5, 0.6) is 0 Å². The molecule has 0 aliphatic carbocycles. The highest BCUT2D eigenvalue weighted by Crippen LogP contribution is 2.17. The Morgan fingerprint density at radius 2 is 1.86 bits per heavy atom. The molecule has 1 aromatic heterocycles. The van der Waals surface area contributed by atoms with Crippen LogP contribution in [0.2, 0.25) is 0 Å². The summed E-state index contributed by atoms with van der Waals surface area (Å²) in [5.74, 6) is 1.52. The van der Waals surface area contributed by atoms with Crippen LogP contribution in [0.4, 0.5) is 0 Å².